The molecule has 120 valence electrons. The molecule has 0 heterocycles. The minimum Gasteiger partial charge on any atom is -0.343 e. The highest BCUT2D eigenvalue weighted by molar-refractivity contribution is 7.90. The van der Waals surface area contributed by atoms with Gasteiger partial charge >= 0.3 is 6.18 Å². The number of rotatable bonds is 6. The molecule has 0 saturated carbocycles. The van der Waals surface area contributed by atoms with Gasteiger partial charge in [0, 0.05) is 6.42 Å². The van der Waals surface area contributed by atoms with Crippen molar-refractivity contribution in [1.82, 2.24) is 5.32 Å². The zero-order chi connectivity index (χ0) is 16.8. The molecule has 1 N–H and O–H groups in total. The number of amides is 1. The number of alkyl halides is 3. The zero-order valence-corrected chi connectivity index (χ0v) is 12.2. The van der Waals surface area contributed by atoms with Crippen LogP contribution in [0.4, 0.5) is 13.2 Å². The molecule has 1 aromatic rings. The lowest BCUT2D eigenvalue weighted by Crippen LogP contribution is -2.26. The number of nitrogens with zero attached hydrogens (tertiary/aromatic N) is 1. The number of carbonyl (C=O) groups excluding carboxylic acids is 1. The van der Waals surface area contributed by atoms with Crippen molar-refractivity contribution in [2.75, 3.05) is 12.3 Å². The predicted molar refractivity (Wildman–Crippen MR) is 72.2 cm³/mol. The van der Waals surface area contributed by atoms with Crippen LogP contribution in [0.5, 0.6) is 0 Å². The number of nitrogens with one attached hydrogen (secondary N) is 1. The molecule has 0 aliphatic rings. The second-order valence-electron chi connectivity index (χ2n) is 4.48. The Morgan fingerprint density at radius 2 is 2.00 bits per heavy atom. The Labute approximate surface area is 125 Å². The monoisotopic (exact) mass is 334 g/mol. The molecule has 0 radical (unpaired) electrons. The van der Waals surface area contributed by atoms with E-state index in [1.807, 2.05) is 0 Å². The van der Waals surface area contributed by atoms with Crippen LogP contribution in [-0.4, -0.2) is 26.6 Å². The summed E-state index contributed by atoms with van der Waals surface area (Å²) < 4.78 is 61.3. The maximum absolute atomic E-state index is 12.5. The van der Waals surface area contributed by atoms with Crippen molar-refractivity contribution in [2.24, 2.45) is 0 Å². The van der Waals surface area contributed by atoms with Gasteiger partial charge in [0.05, 0.1) is 23.1 Å². The summed E-state index contributed by atoms with van der Waals surface area (Å²) in [7, 11) is -3.73. The van der Waals surface area contributed by atoms with Crippen LogP contribution < -0.4 is 5.32 Å². The second-order valence-corrected chi connectivity index (χ2v) is 6.66. The molecule has 0 unspecified atom stereocenters. The fraction of sp³-hybridized carbons (Fsp3) is 0.385. The van der Waals surface area contributed by atoms with Crippen LogP contribution in [0.1, 0.15) is 17.5 Å². The van der Waals surface area contributed by atoms with E-state index in [-0.39, 0.29) is 18.5 Å². The van der Waals surface area contributed by atoms with Gasteiger partial charge in [-0.15, -0.1) is 0 Å². The number of benzene rings is 1. The molecule has 1 aromatic carbocycles. The van der Waals surface area contributed by atoms with E-state index in [1.54, 1.807) is 6.07 Å². The van der Waals surface area contributed by atoms with Gasteiger partial charge in [-0.2, -0.15) is 18.4 Å². The summed E-state index contributed by atoms with van der Waals surface area (Å²) >= 11 is 0. The van der Waals surface area contributed by atoms with Crippen LogP contribution >= 0.6 is 0 Å². The fourth-order valence-corrected chi connectivity index (χ4v) is 2.97. The highest BCUT2D eigenvalue weighted by atomic mass is 32.2. The van der Waals surface area contributed by atoms with Gasteiger partial charge in [0.25, 0.3) is 0 Å². The Kier molecular flexibility index (Phi) is 5.93. The molecule has 0 spiro atoms. The summed E-state index contributed by atoms with van der Waals surface area (Å²) in [6.07, 6.45) is -4.89. The van der Waals surface area contributed by atoms with E-state index < -0.39 is 39.0 Å². The van der Waals surface area contributed by atoms with Crippen molar-refractivity contribution in [2.45, 2.75) is 18.3 Å². The van der Waals surface area contributed by atoms with Crippen molar-refractivity contribution >= 4 is 15.7 Å². The molecule has 0 bridgehead atoms. The van der Waals surface area contributed by atoms with Gasteiger partial charge in [-0.05, 0) is 11.6 Å². The Hall–Kier alpha value is -2.08. The second kappa shape index (κ2) is 7.26. The summed E-state index contributed by atoms with van der Waals surface area (Å²) in [5.41, 5.74) is -0.917. The van der Waals surface area contributed by atoms with E-state index in [4.69, 9.17) is 5.26 Å². The smallest absolute Gasteiger partial charge is 0.343 e. The Morgan fingerprint density at radius 3 is 2.59 bits per heavy atom. The molecule has 9 heteroatoms. The van der Waals surface area contributed by atoms with E-state index in [1.165, 1.54) is 6.07 Å². The number of nitriles is 1. The van der Waals surface area contributed by atoms with Crippen molar-refractivity contribution in [1.29, 1.82) is 5.26 Å². The summed E-state index contributed by atoms with van der Waals surface area (Å²) in [6, 6.07) is 5.70. The van der Waals surface area contributed by atoms with E-state index in [9.17, 15) is 26.4 Å². The Morgan fingerprint density at radius 1 is 1.32 bits per heavy atom. The third kappa shape index (κ3) is 6.13. The molecule has 0 saturated heterocycles. The molecule has 1 amide bonds. The van der Waals surface area contributed by atoms with Crippen LogP contribution in [0.3, 0.4) is 0 Å². The minimum absolute atomic E-state index is 0.00672. The lowest BCUT2D eigenvalue weighted by molar-refractivity contribution is -0.137. The van der Waals surface area contributed by atoms with Crippen LogP contribution in [0.15, 0.2) is 24.3 Å². The lowest BCUT2D eigenvalue weighted by atomic mass is 10.1. The van der Waals surface area contributed by atoms with Crippen molar-refractivity contribution in [3.63, 3.8) is 0 Å². The number of hydrogen-bond donors (Lipinski definition) is 1. The molecule has 0 aromatic heterocycles. The van der Waals surface area contributed by atoms with Gasteiger partial charge in [0.15, 0.2) is 9.84 Å². The number of sulfone groups is 1. The van der Waals surface area contributed by atoms with E-state index >= 15 is 0 Å². The summed E-state index contributed by atoms with van der Waals surface area (Å²) in [6.45, 7) is -0.230. The lowest BCUT2D eigenvalue weighted by Gasteiger charge is -2.09. The maximum Gasteiger partial charge on any atom is 0.416 e. The van der Waals surface area contributed by atoms with Crippen LogP contribution in [-0.2, 0) is 26.6 Å². The highest BCUT2D eigenvalue weighted by Gasteiger charge is 2.30. The Balaban J connectivity index is 2.69. The third-order valence-corrected chi connectivity index (χ3v) is 4.24. The molecular weight excluding hydrogens is 321 g/mol. The molecule has 1 rings (SSSR count). The summed E-state index contributed by atoms with van der Waals surface area (Å²) in [5, 5.41) is 10.4. The van der Waals surface area contributed by atoms with E-state index in [0.29, 0.717) is 0 Å². The van der Waals surface area contributed by atoms with Crippen LogP contribution in [0.25, 0.3) is 0 Å². The predicted octanol–water partition coefficient (Wildman–Crippen LogP) is 1.65. The first kappa shape index (κ1) is 18.0. The number of hydrogen-bond acceptors (Lipinski definition) is 4. The normalized spacial score (nSPS) is 11.7. The Bertz CT molecular complexity index is 679. The topological polar surface area (TPSA) is 87.0 Å². The van der Waals surface area contributed by atoms with Crippen molar-refractivity contribution in [3.8, 4) is 6.07 Å². The van der Waals surface area contributed by atoms with Gasteiger partial charge in [-0.1, -0.05) is 18.2 Å². The van der Waals surface area contributed by atoms with Crippen LogP contribution in [0.2, 0.25) is 0 Å². The number of halogens is 3. The average molecular weight is 334 g/mol. The molecule has 0 aliphatic heterocycles. The molecule has 0 aliphatic carbocycles. The number of carbonyl (C=O) groups is 1. The van der Waals surface area contributed by atoms with Gasteiger partial charge in [0.2, 0.25) is 5.91 Å². The van der Waals surface area contributed by atoms with Gasteiger partial charge in [0.1, 0.15) is 6.54 Å². The first-order valence-electron chi connectivity index (χ1n) is 6.14. The highest BCUT2D eigenvalue weighted by Crippen LogP contribution is 2.29. The molecule has 0 fully saturated rings. The van der Waals surface area contributed by atoms with E-state index in [0.717, 1.165) is 18.2 Å². The van der Waals surface area contributed by atoms with Crippen molar-refractivity contribution in [3.05, 3.63) is 35.4 Å². The van der Waals surface area contributed by atoms with Crippen molar-refractivity contribution < 1.29 is 26.4 Å². The first-order valence-corrected chi connectivity index (χ1v) is 7.96. The SMILES string of the molecule is N#CCNC(=O)CCS(=O)(=O)Cc1cccc(C(F)(F)F)c1. The average Bonchev–Trinajstić information content (AvgIpc) is 2.42. The van der Waals surface area contributed by atoms with Gasteiger partial charge < -0.3 is 5.32 Å². The molecular formula is C13H13F3N2O3S. The van der Waals surface area contributed by atoms with Crippen LogP contribution in [0, 0.1) is 11.3 Å². The quantitative estimate of drug-likeness (QED) is 0.802. The molecule has 22 heavy (non-hydrogen) atoms. The van der Waals surface area contributed by atoms with Gasteiger partial charge in [-0.25, -0.2) is 8.42 Å². The molecule has 0 atom stereocenters. The molecule has 5 nitrogen and oxygen atoms in total. The zero-order valence-electron chi connectivity index (χ0n) is 11.4. The summed E-state index contributed by atoms with van der Waals surface area (Å²) in [5.74, 6) is -1.68. The first-order chi connectivity index (χ1) is 10.1. The maximum atomic E-state index is 12.5. The van der Waals surface area contributed by atoms with E-state index in [2.05, 4.69) is 5.32 Å². The third-order valence-electron chi connectivity index (χ3n) is 2.65. The van der Waals surface area contributed by atoms with Gasteiger partial charge in [-0.3, -0.25) is 4.79 Å². The standard InChI is InChI=1S/C13H13F3N2O3S/c14-13(15,16)11-3-1-2-10(8-11)9-22(20,21)7-4-12(19)18-6-5-17/h1-3,8H,4,6-7,9H2,(H,18,19). The summed E-state index contributed by atoms with van der Waals surface area (Å²) in [4.78, 5) is 11.2. The fourth-order valence-electron chi connectivity index (χ4n) is 1.64. The largest absolute Gasteiger partial charge is 0.416 e. The minimum atomic E-state index is -4.54.